The van der Waals surface area contributed by atoms with Gasteiger partial charge >= 0.3 is 0 Å². The van der Waals surface area contributed by atoms with Gasteiger partial charge in [-0.05, 0) is 63.3 Å². The van der Waals surface area contributed by atoms with Crippen molar-refractivity contribution < 1.29 is 4.79 Å². The number of thioether (sulfide) groups is 1. The summed E-state index contributed by atoms with van der Waals surface area (Å²) in [6, 6.07) is 8.05. The van der Waals surface area contributed by atoms with Crippen LogP contribution in [0.1, 0.15) is 21.1 Å². The molecule has 0 spiro atoms. The van der Waals surface area contributed by atoms with Crippen molar-refractivity contribution in [2.45, 2.75) is 20.8 Å². The lowest BCUT2D eigenvalue weighted by molar-refractivity contribution is -0.114. The third kappa shape index (κ3) is 2.59. The smallest absolute Gasteiger partial charge is 0.266 e. The Morgan fingerprint density at radius 2 is 1.76 bits per heavy atom. The first kappa shape index (κ1) is 14.6. The molecule has 0 aliphatic carbocycles. The van der Waals surface area contributed by atoms with Crippen LogP contribution < -0.4 is 5.01 Å². The zero-order chi connectivity index (χ0) is 15.1. The van der Waals surface area contributed by atoms with E-state index in [1.165, 1.54) is 16.6 Å². The van der Waals surface area contributed by atoms with Gasteiger partial charge in [0.05, 0.1) is 4.91 Å². The van der Waals surface area contributed by atoms with Crippen molar-refractivity contribution in [3.05, 3.63) is 50.3 Å². The van der Waals surface area contributed by atoms with Crippen molar-refractivity contribution in [2.24, 2.45) is 0 Å². The molecule has 0 N–H and O–H groups in total. The Hall–Kier alpha value is -1.37. The molecule has 6 heteroatoms. The molecule has 1 amide bonds. The van der Waals surface area contributed by atoms with E-state index in [-0.39, 0.29) is 5.91 Å². The highest BCUT2D eigenvalue weighted by atomic mass is 32.2. The number of amides is 1. The van der Waals surface area contributed by atoms with Gasteiger partial charge in [0.1, 0.15) is 0 Å². The first-order chi connectivity index (χ1) is 9.97. The van der Waals surface area contributed by atoms with Gasteiger partial charge in [-0.25, -0.2) is 0 Å². The maximum absolute atomic E-state index is 12.7. The molecule has 0 radical (unpaired) electrons. The van der Waals surface area contributed by atoms with E-state index < -0.39 is 0 Å². The number of carbonyl (C=O) groups is 1. The van der Waals surface area contributed by atoms with Gasteiger partial charge < -0.3 is 0 Å². The Morgan fingerprint density at radius 3 is 2.33 bits per heavy atom. The second-order valence-electron chi connectivity index (χ2n) is 4.87. The second-order valence-corrected chi connectivity index (χ2v) is 7.87. The number of aromatic nitrogens is 1. The molecular weight excluding hydrogens is 320 g/mol. The third-order valence-corrected chi connectivity index (χ3v) is 5.47. The molecule has 1 fully saturated rings. The number of thiocarbonyl (C=S) groups is 1. The van der Waals surface area contributed by atoms with Crippen molar-refractivity contribution in [1.29, 1.82) is 0 Å². The lowest BCUT2D eigenvalue weighted by Gasteiger charge is -2.20. The molecule has 3 nitrogen and oxygen atoms in total. The number of rotatable bonds is 2. The summed E-state index contributed by atoms with van der Waals surface area (Å²) in [5.74, 6) is -0.0570. The Morgan fingerprint density at radius 1 is 1.10 bits per heavy atom. The highest BCUT2D eigenvalue weighted by Crippen LogP contribution is 2.33. The molecule has 108 valence electrons. The lowest BCUT2D eigenvalue weighted by Crippen LogP contribution is -2.39. The number of nitrogens with zero attached hydrogens (tertiary/aromatic N) is 2. The van der Waals surface area contributed by atoms with Crippen molar-refractivity contribution in [3.63, 3.8) is 0 Å². The van der Waals surface area contributed by atoms with Crippen LogP contribution in [0.2, 0.25) is 0 Å². The standard InChI is InChI=1S/C15H14N2OS3/c1-9-4-5-10(2)16(9)17-14(18)13(21-15(17)19)8-12-7-6-11(3)20-12/h4-8H,1-3H3/b13-8+. The molecule has 0 aromatic carbocycles. The van der Waals surface area contributed by atoms with Gasteiger partial charge in [-0.2, -0.15) is 5.01 Å². The highest BCUT2D eigenvalue weighted by molar-refractivity contribution is 8.27. The summed E-state index contributed by atoms with van der Waals surface area (Å²) in [6.07, 6.45) is 1.92. The van der Waals surface area contributed by atoms with Crippen LogP contribution in [-0.4, -0.2) is 14.9 Å². The molecule has 0 atom stereocenters. The van der Waals surface area contributed by atoms with Gasteiger partial charge in [-0.15, -0.1) is 11.3 Å². The van der Waals surface area contributed by atoms with Crippen molar-refractivity contribution >= 4 is 51.6 Å². The van der Waals surface area contributed by atoms with Gasteiger partial charge in [0.15, 0.2) is 4.32 Å². The molecule has 1 aliphatic rings. The largest absolute Gasteiger partial charge is 0.285 e. The number of hydrogen-bond donors (Lipinski definition) is 0. The van der Waals surface area contributed by atoms with Gasteiger partial charge in [-0.3, -0.25) is 9.47 Å². The predicted molar refractivity (Wildman–Crippen MR) is 94.4 cm³/mol. The van der Waals surface area contributed by atoms with Crippen LogP contribution in [0.3, 0.4) is 0 Å². The Balaban J connectivity index is 1.98. The fraction of sp³-hybridized carbons (Fsp3) is 0.200. The summed E-state index contributed by atoms with van der Waals surface area (Å²) in [6.45, 7) is 6.00. The predicted octanol–water partition coefficient (Wildman–Crippen LogP) is 4.01. The van der Waals surface area contributed by atoms with E-state index in [0.29, 0.717) is 9.23 Å². The molecule has 0 unspecified atom stereocenters. The first-order valence-corrected chi connectivity index (χ1v) is 8.51. The fourth-order valence-electron chi connectivity index (χ4n) is 2.27. The first-order valence-electron chi connectivity index (χ1n) is 6.47. The fourth-order valence-corrected chi connectivity index (χ4v) is 4.40. The van der Waals surface area contributed by atoms with E-state index in [2.05, 4.69) is 13.0 Å². The molecule has 1 aliphatic heterocycles. The molecule has 2 aromatic rings. The van der Waals surface area contributed by atoms with Crippen LogP contribution in [0.15, 0.2) is 29.2 Å². The van der Waals surface area contributed by atoms with E-state index in [0.717, 1.165) is 16.3 Å². The average molecular weight is 334 g/mol. The normalized spacial score (nSPS) is 17.3. The molecule has 0 bridgehead atoms. The van der Waals surface area contributed by atoms with Crippen molar-refractivity contribution in [2.75, 3.05) is 5.01 Å². The second kappa shape index (κ2) is 5.44. The van der Waals surface area contributed by atoms with Gasteiger partial charge in [0.2, 0.25) is 0 Å². The van der Waals surface area contributed by atoms with E-state index in [1.54, 1.807) is 16.3 Å². The van der Waals surface area contributed by atoms with Crippen LogP contribution in [0.4, 0.5) is 0 Å². The van der Waals surface area contributed by atoms with Gasteiger partial charge in [-0.1, -0.05) is 11.8 Å². The Bertz CT molecular complexity index is 750. The van der Waals surface area contributed by atoms with Crippen LogP contribution in [0.25, 0.3) is 6.08 Å². The molecule has 3 heterocycles. The zero-order valence-electron chi connectivity index (χ0n) is 11.9. The van der Waals surface area contributed by atoms with E-state index in [4.69, 9.17) is 12.2 Å². The summed E-state index contributed by atoms with van der Waals surface area (Å²) in [4.78, 5) is 15.6. The van der Waals surface area contributed by atoms with E-state index in [9.17, 15) is 4.79 Å². The van der Waals surface area contributed by atoms with Crippen LogP contribution in [-0.2, 0) is 4.79 Å². The number of thiophene rings is 1. The van der Waals surface area contributed by atoms with Crippen LogP contribution >= 0.6 is 35.3 Å². The zero-order valence-corrected chi connectivity index (χ0v) is 14.4. The minimum absolute atomic E-state index is 0.0570. The highest BCUT2D eigenvalue weighted by Gasteiger charge is 2.34. The molecule has 2 aromatic heterocycles. The van der Waals surface area contributed by atoms with Crippen LogP contribution in [0.5, 0.6) is 0 Å². The number of carbonyl (C=O) groups excluding carboxylic acids is 1. The summed E-state index contributed by atoms with van der Waals surface area (Å²) < 4.78 is 2.44. The molecule has 0 saturated carbocycles. The third-order valence-electron chi connectivity index (χ3n) is 3.24. The summed E-state index contributed by atoms with van der Waals surface area (Å²) in [5, 5.41) is 1.58. The van der Waals surface area contributed by atoms with E-state index >= 15 is 0 Å². The van der Waals surface area contributed by atoms with Crippen molar-refractivity contribution in [3.8, 4) is 0 Å². The maximum Gasteiger partial charge on any atom is 0.285 e. The SMILES string of the molecule is Cc1ccc(/C=C2/SC(=S)N(n3c(C)ccc3C)C2=O)s1. The average Bonchev–Trinajstić information content (AvgIpc) is 3.05. The Labute approximate surface area is 137 Å². The molecule has 21 heavy (non-hydrogen) atoms. The summed E-state index contributed by atoms with van der Waals surface area (Å²) in [5.41, 5.74) is 1.99. The monoisotopic (exact) mass is 334 g/mol. The minimum Gasteiger partial charge on any atom is -0.266 e. The molecule has 1 saturated heterocycles. The molecular formula is C15H14N2OS3. The van der Waals surface area contributed by atoms with Gasteiger partial charge in [0, 0.05) is 21.1 Å². The summed E-state index contributed by atoms with van der Waals surface area (Å²) in [7, 11) is 0. The summed E-state index contributed by atoms with van der Waals surface area (Å²) >= 11 is 8.42. The number of hydrogen-bond acceptors (Lipinski definition) is 4. The van der Waals surface area contributed by atoms with Crippen LogP contribution in [0, 0.1) is 20.8 Å². The van der Waals surface area contributed by atoms with E-state index in [1.807, 2.05) is 42.8 Å². The van der Waals surface area contributed by atoms with Crippen molar-refractivity contribution in [1.82, 2.24) is 4.68 Å². The van der Waals surface area contributed by atoms with Gasteiger partial charge in [0.25, 0.3) is 5.91 Å². The number of aryl methyl sites for hydroxylation is 3. The maximum atomic E-state index is 12.7. The lowest BCUT2D eigenvalue weighted by atomic mass is 10.4. The minimum atomic E-state index is -0.0570. The topological polar surface area (TPSA) is 25.2 Å². The Kier molecular flexibility index (Phi) is 3.77. The molecule has 3 rings (SSSR count). The quantitative estimate of drug-likeness (QED) is 0.613.